The van der Waals surface area contributed by atoms with E-state index in [1.807, 2.05) is 16.3 Å². The van der Waals surface area contributed by atoms with E-state index in [-0.39, 0.29) is 24.0 Å². The molecular weight excluding hydrogens is 286 g/mol. The predicted molar refractivity (Wildman–Crippen MR) is 82.2 cm³/mol. The molecule has 2 atom stereocenters. The van der Waals surface area contributed by atoms with Gasteiger partial charge in [-0.05, 0) is 43.6 Å². The molecule has 2 fully saturated rings. The molecular formula is C15H21N3O2S. The number of rotatable bonds is 2. The van der Waals surface area contributed by atoms with Crippen molar-refractivity contribution >= 4 is 23.3 Å². The van der Waals surface area contributed by atoms with E-state index >= 15 is 0 Å². The molecule has 1 aromatic rings. The van der Waals surface area contributed by atoms with Crippen LogP contribution in [0.5, 0.6) is 0 Å². The van der Waals surface area contributed by atoms with Crippen molar-refractivity contribution in [2.75, 3.05) is 13.1 Å². The molecule has 21 heavy (non-hydrogen) atoms. The number of likely N-dealkylation sites (tertiary alicyclic amines) is 1. The Morgan fingerprint density at radius 3 is 3.05 bits per heavy atom. The van der Waals surface area contributed by atoms with Gasteiger partial charge in [0.2, 0.25) is 5.91 Å². The van der Waals surface area contributed by atoms with Gasteiger partial charge in [-0.15, -0.1) is 11.3 Å². The minimum atomic E-state index is -0.385. The summed E-state index contributed by atoms with van der Waals surface area (Å²) in [5.74, 6) is -0.0484. The van der Waals surface area contributed by atoms with Gasteiger partial charge in [-0.25, -0.2) is 4.79 Å². The minimum absolute atomic E-state index is 0.0484. The maximum atomic E-state index is 12.5. The summed E-state index contributed by atoms with van der Waals surface area (Å²) in [5.41, 5.74) is 0. The van der Waals surface area contributed by atoms with E-state index < -0.39 is 0 Å². The van der Waals surface area contributed by atoms with Gasteiger partial charge in [0.15, 0.2) is 0 Å². The molecule has 3 rings (SSSR count). The van der Waals surface area contributed by atoms with Gasteiger partial charge in [0.1, 0.15) is 6.04 Å². The summed E-state index contributed by atoms with van der Waals surface area (Å²) in [5, 5.41) is 7.83. The molecule has 3 amide bonds. The number of carbonyl (C=O) groups excluding carboxylic acids is 2. The predicted octanol–water partition coefficient (Wildman–Crippen LogP) is 2.26. The normalized spacial score (nSPS) is 26.3. The topological polar surface area (TPSA) is 61.4 Å². The van der Waals surface area contributed by atoms with E-state index in [1.54, 1.807) is 11.3 Å². The van der Waals surface area contributed by atoms with Crippen molar-refractivity contribution in [2.45, 2.75) is 44.2 Å². The minimum Gasteiger partial charge on any atom is -0.354 e. The van der Waals surface area contributed by atoms with Crippen molar-refractivity contribution in [1.29, 1.82) is 0 Å². The standard InChI is InChI=1S/C15H21N3O2S/c19-14-11(5-1-2-8-16-14)17-15(20)18-9-3-6-12(18)13-7-4-10-21-13/h4,7,10-12H,1-3,5-6,8-9H2,(H,16,19)(H,17,20). The summed E-state index contributed by atoms with van der Waals surface area (Å²) in [4.78, 5) is 27.6. The molecule has 6 heteroatoms. The van der Waals surface area contributed by atoms with Crippen LogP contribution in [0.1, 0.15) is 43.0 Å². The van der Waals surface area contributed by atoms with Gasteiger partial charge in [0.05, 0.1) is 6.04 Å². The number of thiophene rings is 1. The third-order valence-electron chi connectivity index (χ3n) is 4.22. The zero-order valence-corrected chi connectivity index (χ0v) is 12.8. The lowest BCUT2D eigenvalue weighted by Crippen LogP contribution is -2.50. The monoisotopic (exact) mass is 307 g/mol. The van der Waals surface area contributed by atoms with Crippen LogP contribution in [-0.4, -0.2) is 36.0 Å². The number of carbonyl (C=O) groups is 2. The lowest BCUT2D eigenvalue weighted by molar-refractivity contribution is -0.122. The molecule has 3 heterocycles. The second-order valence-electron chi connectivity index (χ2n) is 5.66. The van der Waals surface area contributed by atoms with Crippen molar-refractivity contribution in [1.82, 2.24) is 15.5 Å². The van der Waals surface area contributed by atoms with Gasteiger partial charge in [-0.2, -0.15) is 0 Å². The van der Waals surface area contributed by atoms with Crippen molar-refractivity contribution in [3.05, 3.63) is 22.4 Å². The highest BCUT2D eigenvalue weighted by atomic mass is 32.1. The van der Waals surface area contributed by atoms with Crippen LogP contribution < -0.4 is 10.6 Å². The smallest absolute Gasteiger partial charge is 0.318 e. The summed E-state index contributed by atoms with van der Waals surface area (Å²) in [6.45, 7) is 1.48. The Morgan fingerprint density at radius 1 is 1.33 bits per heavy atom. The number of nitrogens with zero attached hydrogens (tertiary/aromatic N) is 1. The Labute approximate surface area is 128 Å². The molecule has 1 aromatic heterocycles. The lowest BCUT2D eigenvalue weighted by Gasteiger charge is -2.26. The molecule has 0 spiro atoms. The van der Waals surface area contributed by atoms with Crippen LogP contribution in [0, 0.1) is 0 Å². The largest absolute Gasteiger partial charge is 0.354 e. The van der Waals surface area contributed by atoms with Crippen LogP contribution in [0.2, 0.25) is 0 Å². The molecule has 5 nitrogen and oxygen atoms in total. The molecule has 2 unspecified atom stereocenters. The van der Waals surface area contributed by atoms with E-state index in [0.717, 1.165) is 38.6 Å². The number of hydrogen-bond acceptors (Lipinski definition) is 3. The van der Waals surface area contributed by atoms with E-state index in [0.29, 0.717) is 6.54 Å². The van der Waals surface area contributed by atoms with Gasteiger partial charge < -0.3 is 15.5 Å². The molecule has 2 saturated heterocycles. The van der Waals surface area contributed by atoms with E-state index in [1.165, 1.54) is 4.88 Å². The zero-order valence-electron chi connectivity index (χ0n) is 12.0. The summed E-state index contributed by atoms with van der Waals surface area (Å²) in [6, 6.07) is 3.78. The number of urea groups is 1. The average molecular weight is 307 g/mol. The summed E-state index contributed by atoms with van der Waals surface area (Å²) in [7, 11) is 0. The summed E-state index contributed by atoms with van der Waals surface area (Å²) in [6.07, 6.45) is 4.71. The van der Waals surface area contributed by atoms with Gasteiger partial charge in [0.25, 0.3) is 0 Å². The van der Waals surface area contributed by atoms with Crippen molar-refractivity contribution in [3.63, 3.8) is 0 Å². The Hall–Kier alpha value is -1.56. The van der Waals surface area contributed by atoms with E-state index in [4.69, 9.17) is 0 Å². The molecule has 0 aromatic carbocycles. The van der Waals surface area contributed by atoms with Crippen LogP contribution in [0.3, 0.4) is 0 Å². The molecule has 2 N–H and O–H groups in total. The highest BCUT2D eigenvalue weighted by molar-refractivity contribution is 7.10. The van der Waals surface area contributed by atoms with Gasteiger partial charge in [-0.3, -0.25) is 4.79 Å². The summed E-state index contributed by atoms with van der Waals surface area (Å²) >= 11 is 1.69. The first kappa shape index (κ1) is 14.4. The molecule has 0 saturated carbocycles. The third-order valence-corrected chi connectivity index (χ3v) is 5.19. The Bertz CT molecular complexity index is 503. The molecule has 0 aliphatic carbocycles. The van der Waals surface area contributed by atoms with Gasteiger partial charge >= 0.3 is 6.03 Å². The molecule has 0 bridgehead atoms. The first-order chi connectivity index (χ1) is 10.3. The number of nitrogens with one attached hydrogen (secondary N) is 2. The fourth-order valence-electron chi connectivity index (χ4n) is 3.10. The molecule has 2 aliphatic heterocycles. The molecule has 0 radical (unpaired) electrons. The SMILES string of the molecule is O=C1NCCCCC1NC(=O)N1CCCC1c1cccs1. The van der Waals surface area contributed by atoms with E-state index in [9.17, 15) is 9.59 Å². The van der Waals surface area contributed by atoms with Crippen molar-refractivity contribution in [2.24, 2.45) is 0 Å². The van der Waals surface area contributed by atoms with Crippen molar-refractivity contribution < 1.29 is 9.59 Å². The zero-order chi connectivity index (χ0) is 14.7. The third kappa shape index (κ3) is 3.20. The Kier molecular flexibility index (Phi) is 4.43. The quantitative estimate of drug-likeness (QED) is 0.880. The molecule has 2 aliphatic rings. The van der Waals surface area contributed by atoms with Crippen LogP contribution in [-0.2, 0) is 4.79 Å². The maximum Gasteiger partial charge on any atom is 0.318 e. The first-order valence-corrected chi connectivity index (χ1v) is 8.52. The van der Waals surface area contributed by atoms with Crippen LogP contribution in [0.25, 0.3) is 0 Å². The second kappa shape index (κ2) is 6.47. The average Bonchev–Trinajstić information content (AvgIpc) is 3.12. The van der Waals surface area contributed by atoms with Crippen LogP contribution in [0.15, 0.2) is 17.5 Å². The fourth-order valence-corrected chi connectivity index (χ4v) is 3.97. The maximum absolute atomic E-state index is 12.5. The van der Waals surface area contributed by atoms with E-state index in [2.05, 4.69) is 16.7 Å². The lowest BCUT2D eigenvalue weighted by atomic mass is 10.1. The highest BCUT2D eigenvalue weighted by Gasteiger charge is 2.32. The second-order valence-corrected chi connectivity index (χ2v) is 6.63. The molecule has 114 valence electrons. The van der Waals surface area contributed by atoms with Crippen LogP contribution in [0.4, 0.5) is 4.79 Å². The number of hydrogen-bond donors (Lipinski definition) is 2. The number of amides is 3. The summed E-state index contributed by atoms with van der Waals surface area (Å²) < 4.78 is 0. The van der Waals surface area contributed by atoms with Gasteiger partial charge in [0, 0.05) is 18.0 Å². The first-order valence-electron chi connectivity index (χ1n) is 7.64. The van der Waals surface area contributed by atoms with Gasteiger partial charge in [-0.1, -0.05) is 6.07 Å². The fraction of sp³-hybridized carbons (Fsp3) is 0.600. The van der Waals surface area contributed by atoms with Crippen LogP contribution >= 0.6 is 11.3 Å². The Morgan fingerprint density at radius 2 is 2.24 bits per heavy atom. The Balaban J connectivity index is 1.65. The van der Waals surface area contributed by atoms with Crippen molar-refractivity contribution in [3.8, 4) is 0 Å². The highest BCUT2D eigenvalue weighted by Crippen LogP contribution is 2.34.